The SMILES string of the molecule is Cc1cc(SCC(C/C=C/C#N)COc2ccc(C(F)(F)F)cc2)ccc1O. The molecule has 7 heteroatoms. The van der Waals surface area contributed by atoms with Crippen molar-refractivity contribution in [1.82, 2.24) is 0 Å². The van der Waals surface area contributed by atoms with E-state index in [1.54, 1.807) is 23.9 Å². The molecular weight excluding hydrogens is 387 g/mol. The molecule has 0 fully saturated rings. The van der Waals surface area contributed by atoms with Gasteiger partial charge in [-0.15, -0.1) is 11.8 Å². The monoisotopic (exact) mass is 407 g/mol. The summed E-state index contributed by atoms with van der Waals surface area (Å²) in [6, 6.07) is 11.9. The maximum atomic E-state index is 12.6. The number of hydrogen-bond acceptors (Lipinski definition) is 4. The predicted octanol–water partition coefficient (Wildman–Crippen LogP) is 5.98. The van der Waals surface area contributed by atoms with Crippen LogP contribution in [0.5, 0.6) is 11.5 Å². The second kappa shape index (κ2) is 10.1. The summed E-state index contributed by atoms with van der Waals surface area (Å²) in [5, 5.41) is 18.3. The van der Waals surface area contributed by atoms with E-state index >= 15 is 0 Å². The van der Waals surface area contributed by atoms with E-state index in [1.165, 1.54) is 18.2 Å². The Morgan fingerprint density at radius 2 is 1.93 bits per heavy atom. The van der Waals surface area contributed by atoms with Crippen molar-refractivity contribution in [2.45, 2.75) is 24.4 Å². The second-order valence-corrected chi connectivity index (χ2v) is 7.32. The van der Waals surface area contributed by atoms with Gasteiger partial charge in [0.15, 0.2) is 0 Å². The topological polar surface area (TPSA) is 53.2 Å². The average molecular weight is 407 g/mol. The lowest BCUT2D eigenvalue weighted by atomic mass is 10.1. The number of alkyl halides is 3. The largest absolute Gasteiger partial charge is 0.508 e. The van der Waals surface area contributed by atoms with Crippen LogP contribution in [0.3, 0.4) is 0 Å². The van der Waals surface area contributed by atoms with Crippen molar-refractivity contribution in [1.29, 1.82) is 5.26 Å². The van der Waals surface area contributed by atoms with Crippen molar-refractivity contribution in [2.75, 3.05) is 12.4 Å². The summed E-state index contributed by atoms with van der Waals surface area (Å²) in [6.07, 6.45) is -0.607. The van der Waals surface area contributed by atoms with Crippen LogP contribution in [0.4, 0.5) is 13.2 Å². The van der Waals surface area contributed by atoms with Gasteiger partial charge in [0.05, 0.1) is 18.2 Å². The first-order valence-electron chi connectivity index (χ1n) is 8.56. The number of hydrogen-bond donors (Lipinski definition) is 1. The lowest BCUT2D eigenvalue weighted by Gasteiger charge is -2.17. The fourth-order valence-electron chi connectivity index (χ4n) is 2.38. The highest BCUT2D eigenvalue weighted by atomic mass is 32.2. The molecule has 2 aromatic carbocycles. The number of thioether (sulfide) groups is 1. The number of phenolic OH excluding ortho intramolecular Hbond substituents is 1. The summed E-state index contributed by atoms with van der Waals surface area (Å²) in [5.74, 6) is 1.36. The maximum absolute atomic E-state index is 12.6. The first kappa shape index (κ1) is 21.7. The Hall–Kier alpha value is -2.59. The summed E-state index contributed by atoms with van der Waals surface area (Å²) < 4.78 is 43.5. The summed E-state index contributed by atoms with van der Waals surface area (Å²) in [7, 11) is 0. The van der Waals surface area contributed by atoms with Gasteiger partial charge in [-0.1, -0.05) is 6.08 Å². The van der Waals surface area contributed by atoms with Crippen LogP contribution < -0.4 is 4.74 Å². The summed E-state index contributed by atoms with van der Waals surface area (Å²) >= 11 is 1.59. The standard InChI is InChI=1S/C21H20F3NO2S/c1-15-12-19(9-10-20(15)26)28-14-16(4-2-3-11-25)13-27-18-7-5-17(6-8-18)21(22,23)24/h2-3,5-10,12,16,26H,4,13-14H2,1H3/b3-2+. The highest BCUT2D eigenvalue weighted by molar-refractivity contribution is 7.99. The average Bonchev–Trinajstić information content (AvgIpc) is 2.66. The number of allylic oxidation sites excluding steroid dienone is 2. The van der Waals surface area contributed by atoms with E-state index in [9.17, 15) is 18.3 Å². The first-order chi connectivity index (χ1) is 13.3. The van der Waals surface area contributed by atoms with Gasteiger partial charge in [-0.05, 0) is 61.4 Å². The molecule has 28 heavy (non-hydrogen) atoms. The number of nitriles is 1. The molecule has 0 aliphatic carbocycles. The van der Waals surface area contributed by atoms with Crippen LogP contribution in [-0.4, -0.2) is 17.5 Å². The Morgan fingerprint density at radius 1 is 1.21 bits per heavy atom. The molecule has 0 aliphatic heterocycles. The summed E-state index contributed by atoms with van der Waals surface area (Å²) in [6.45, 7) is 2.13. The van der Waals surface area contributed by atoms with Crippen LogP contribution in [-0.2, 0) is 6.18 Å². The van der Waals surface area contributed by atoms with Crippen LogP contribution in [0.25, 0.3) is 0 Å². The fourth-order valence-corrected chi connectivity index (χ4v) is 3.47. The highest BCUT2D eigenvalue weighted by Crippen LogP contribution is 2.31. The van der Waals surface area contributed by atoms with Crippen molar-refractivity contribution in [2.24, 2.45) is 5.92 Å². The minimum absolute atomic E-state index is 0.0611. The van der Waals surface area contributed by atoms with E-state index in [1.807, 2.05) is 25.1 Å². The fraction of sp³-hybridized carbons (Fsp3) is 0.286. The van der Waals surface area contributed by atoms with Crippen molar-refractivity contribution in [3.8, 4) is 17.6 Å². The molecule has 0 saturated heterocycles. The van der Waals surface area contributed by atoms with Crippen molar-refractivity contribution in [3.05, 3.63) is 65.7 Å². The zero-order chi connectivity index (χ0) is 20.6. The second-order valence-electron chi connectivity index (χ2n) is 6.23. The lowest BCUT2D eigenvalue weighted by molar-refractivity contribution is -0.137. The van der Waals surface area contributed by atoms with E-state index in [0.717, 1.165) is 22.6 Å². The molecule has 1 unspecified atom stereocenters. The molecule has 0 bridgehead atoms. The third kappa shape index (κ3) is 6.86. The smallest absolute Gasteiger partial charge is 0.416 e. The molecule has 1 atom stereocenters. The number of aromatic hydroxyl groups is 1. The predicted molar refractivity (Wildman–Crippen MR) is 103 cm³/mol. The van der Waals surface area contributed by atoms with Crippen LogP contribution in [0.1, 0.15) is 17.5 Å². The molecule has 0 saturated carbocycles. The molecule has 0 amide bonds. The van der Waals surface area contributed by atoms with E-state index in [0.29, 0.717) is 24.5 Å². The minimum atomic E-state index is -4.37. The highest BCUT2D eigenvalue weighted by Gasteiger charge is 2.30. The first-order valence-corrected chi connectivity index (χ1v) is 9.55. The van der Waals surface area contributed by atoms with Gasteiger partial charge in [-0.3, -0.25) is 0 Å². The lowest BCUT2D eigenvalue weighted by Crippen LogP contribution is -2.14. The number of halogens is 3. The van der Waals surface area contributed by atoms with Crippen LogP contribution >= 0.6 is 11.8 Å². The molecule has 2 rings (SSSR count). The number of ether oxygens (including phenoxy) is 1. The van der Waals surface area contributed by atoms with Crippen molar-refractivity contribution < 1.29 is 23.0 Å². The Morgan fingerprint density at radius 3 is 2.54 bits per heavy atom. The van der Waals surface area contributed by atoms with Gasteiger partial charge in [0.2, 0.25) is 0 Å². The van der Waals surface area contributed by atoms with E-state index in [2.05, 4.69) is 0 Å². The molecule has 148 valence electrons. The van der Waals surface area contributed by atoms with Gasteiger partial charge in [0.25, 0.3) is 0 Å². The van der Waals surface area contributed by atoms with Gasteiger partial charge in [0.1, 0.15) is 11.5 Å². The van der Waals surface area contributed by atoms with Crippen molar-refractivity contribution >= 4 is 11.8 Å². The zero-order valence-corrected chi connectivity index (χ0v) is 16.1. The molecule has 1 N–H and O–H groups in total. The Balaban J connectivity index is 1.97. The molecule has 2 aromatic rings. The van der Waals surface area contributed by atoms with Crippen LogP contribution in [0.2, 0.25) is 0 Å². The number of nitrogens with zero attached hydrogens (tertiary/aromatic N) is 1. The van der Waals surface area contributed by atoms with Gasteiger partial charge in [-0.25, -0.2) is 0 Å². The minimum Gasteiger partial charge on any atom is -0.508 e. The number of benzene rings is 2. The van der Waals surface area contributed by atoms with Crippen LogP contribution in [0.15, 0.2) is 59.5 Å². The molecule has 0 aromatic heterocycles. The number of phenols is 1. The summed E-state index contributed by atoms with van der Waals surface area (Å²) in [5.41, 5.74) is 0.0681. The van der Waals surface area contributed by atoms with E-state index in [-0.39, 0.29) is 11.7 Å². The van der Waals surface area contributed by atoms with Crippen LogP contribution in [0, 0.1) is 24.2 Å². The number of aryl methyl sites for hydroxylation is 1. The molecule has 0 aliphatic rings. The Labute approximate surface area is 166 Å². The van der Waals surface area contributed by atoms with Gasteiger partial charge in [-0.2, -0.15) is 18.4 Å². The maximum Gasteiger partial charge on any atom is 0.416 e. The quantitative estimate of drug-likeness (QED) is 0.432. The molecule has 0 spiro atoms. The van der Waals surface area contributed by atoms with Gasteiger partial charge >= 0.3 is 6.18 Å². The Bertz CT molecular complexity index is 842. The molecule has 0 heterocycles. The zero-order valence-electron chi connectivity index (χ0n) is 15.2. The molecule has 3 nitrogen and oxygen atoms in total. The van der Waals surface area contributed by atoms with Gasteiger partial charge in [0, 0.05) is 22.6 Å². The number of rotatable bonds is 8. The molecular formula is C21H20F3NO2S. The van der Waals surface area contributed by atoms with E-state index < -0.39 is 11.7 Å². The van der Waals surface area contributed by atoms with Gasteiger partial charge < -0.3 is 9.84 Å². The third-order valence-electron chi connectivity index (χ3n) is 3.98. The molecule has 0 radical (unpaired) electrons. The van der Waals surface area contributed by atoms with E-state index in [4.69, 9.17) is 10.00 Å². The Kier molecular flexibility index (Phi) is 7.82. The van der Waals surface area contributed by atoms with Crippen molar-refractivity contribution in [3.63, 3.8) is 0 Å². The third-order valence-corrected chi connectivity index (χ3v) is 5.21. The summed E-state index contributed by atoms with van der Waals surface area (Å²) in [4.78, 5) is 0.999. The normalized spacial score (nSPS) is 12.7.